The molecule has 0 spiro atoms. The van der Waals surface area contributed by atoms with E-state index in [0.717, 1.165) is 50.5 Å². The van der Waals surface area contributed by atoms with Crippen LogP contribution in [0.3, 0.4) is 0 Å². The van der Waals surface area contributed by atoms with Gasteiger partial charge in [0.25, 0.3) is 0 Å². The Morgan fingerprint density at radius 1 is 1.08 bits per heavy atom. The number of carbonyl (C=O) groups is 1. The Morgan fingerprint density at radius 2 is 1.86 bits per heavy atom. The molecular formula is C26H24F2N6O3. The average molecular weight is 507 g/mol. The maximum absolute atomic E-state index is 16.0. The second-order valence-electron chi connectivity index (χ2n) is 10.4. The summed E-state index contributed by atoms with van der Waals surface area (Å²) in [4.78, 5) is 25.1. The van der Waals surface area contributed by atoms with Crippen LogP contribution in [-0.2, 0) is 4.79 Å². The largest absolute Gasteiger partial charge is 0.481 e. The number of nitrogens with zero attached hydrogens (tertiary/aromatic N) is 4. The molecule has 0 saturated heterocycles. The molecule has 0 aliphatic heterocycles. The summed E-state index contributed by atoms with van der Waals surface area (Å²) in [5, 5.41) is 20.4. The van der Waals surface area contributed by atoms with Gasteiger partial charge in [0, 0.05) is 12.0 Å². The number of nitrogens with one attached hydrogen (secondary N) is 2. The molecule has 11 heteroatoms. The van der Waals surface area contributed by atoms with Gasteiger partial charge >= 0.3 is 5.97 Å². The van der Waals surface area contributed by atoms with Crippen molar-refractivity contribution in [1.29, 1.82) is 0 Å². The van der Waals surface area contributed by atoms with E-state index in [1.54, 1.807) is 6.07 Å². The normalized spacial score (nSPS) is 25.0. The summed E-state index contributed by atoms with van der Waals surface area (Å²) in [5.74, 6) is -1.34. The molecule has 2 atom stereocenters. The maximum atomic E-state index is 16.0. The van der Waals surface area contributed by atoms with Gasteiger partial charge in [0.15, 0.2) is 28.9 Å². The zero-order chi connectivity index (χ0) is 25.3. The minimum Gasteiger partial charge on any atom is -0.481 e. The van der Waals surface area contributed by atoms with Crippen LogP contribution in [-0.4, -0.2) is 42.3 Å². The minimum atomic E-state index is -0.886. The molecule has 4 aromatic heterocycles. The molecule has 4 aromatic rings. The van der Waals surface area contributed by atoms with Crippen molar-refractivity contribution in [3.8, 4) is 23.0 Å². The lowest BCUT2D eigenvalue weighted by Crippen LogP contribution is -2.51. The fourth-order valence-electron chi connectivity index (χ4n) is 6.10. The molecule has 9 nitrogen and oxygen atoms in total. The van der Waals surface area contributed by atoms with E-state index in [1.165, 1.54) is 6.07 Å². The number of hydrogen-bond acceptors (Lipinski definition) is 7. The number of aromatic nitrogens is 5. The minimum absolute atomic E-state index is 0.0422. The van der Waals surface area contributed by atoms with Crippen molar-refractivity contribution < 1.29 is 23.1 Å². The summed E-state index contributed by atoms with van der Waals surface area (Å²) in [6.45, 7) is 0. The van der Waals surface area contributed by atoms with E-state index >= 15 is 4.39 Å². The summed E-state index contributed by atoms with van der Waals surface area (Å²) in [6, 6.07) is 4.31. The van der Waals surface area contributed by atoms with Crippen LogP contribution in [0.2, 0.25) is 0 Å². The molecule has 2 bridgehead atoms. The highest BCUT2D eigenvalue weighted by Gasteiger charge is 2.47. The Morgan fingerprint density at radius 3 is 2.62 bits per heavy atom. The average Bonchev–Trinajstić information content (AvgIpc) is 3.48. The third-order valence-corrected chi connectivity index (χ3v) is 8.10. The second-order valence-corrected chi connectivity index (χ2v) is 10.4. The van der Waals surface area contributed by atoms with E-state index in [0.29, 0.717) is 11.3 Å². The van der Waals surface area contributed by atoms with Crippen molar-refractivity contribution in [3.05, 3.63) is 41.8 Å². The summed E-state index contributed by atoms with van der Waals surface area (Å²) < 4.78 is 36.0. The number of aliphatic carboxylic acids is 1. The number of aromatic amines is 1. The van der Waals surface area contributed by atoms with E-state index in [2.05, 4.69) is 30.5 Å². The molecule has 4 saturated carbocycles. The molecule has 190 valence electrons. The first-order valence-electron chi connectivity index (χ1n) is 12.6. The summed E-state index contributed by atoms with van der Waals surface area (Å²) in [6.07, 6.45) is 6.60. The van der Waals surface area contributed by atoms with Gasteiger partial charge < -0.3 is 14.8 Å². The number of carboxylic acids is 1. The molecule has 3 N–H and O–H groups in total. The van der Waals surface area contributed by atoms with Crippen molar-refractivity contribution in [1.82, 2.24) is 25.1 Å². The lowest BCUT2D eigenvalue weighted by atomic mass is 9.61. The van der Waals surface area contributed by atoms with Gasteiger partial charge in [-0.25, -0.2) is 23.7 Å². The Labute approximate surface area is 209 Å². The van der Waals surface area contributed by atoms with Gasteiger partial charge in [0.05, 0.1) is 17.5 Å². The Bertz CT molecular complexity index is 1520. The van der Waals surface area contributed by atoms with Crippen LogP contribution >= 0.6 is 0 Å². The number of anilines is 1. The number of H-pyrrole nitrogens is 1. The van der Waals surface area contributed by atoms with Gasteiger partial charge in [-0.15, -0.1) is 0 Å². The molecule has 0 radical (unpaired) electrons. The van der Waals surface area contributed by atoms with E-state index in [4.69, 9.17) is 4.42 Å². The van der Waals surface area contributed by atoms with Crippen molar-refractivity contribution in [2.45, 2.75) is 50.5 Å². The standard InChI is InChI=1S/C26H24F2N6O3/c27-14-9-15-21(33-34-23(15)29-10-14)25-31-22(17-8-7-16(37-17)11-1-2-11)19(28)24(32-25)30-20-13-5-3-12(4-6-13)18(20)26(35)36/h7-13,18,20H,1-6H2,(H,35,36)(H,29,33,34)(H,30,31,32)/t12?,13?,18-,20-/m0/s1. The number of hydrogen-bond donors (Lipinski definition) is 3. The van der Waals surface area contributed by atoms with Gasteiger partial charge in [-0.2, -0.15) is 5.10 Å². The van der Waals surface area contributed by atoms with Gasteiger partial charge in [0.1, 0.15) is 23.0 Å². The quantitative estimate of drug-likeness (QED) is 0.328. The molecule has 4 heterocycles. The molecule has 4 aliphatic carbocycles. The lowest BCUT2D eigenvalue weighted by Gasteiger charge is -2.47. The topological polar surface area (TPSA) is 130 Å². The highest BCUT2D eigenvalue weighted by Crippen LogP contribution is 2.47. The molecular weight excluding hydrogens is 482 g/mol. The lowest BCUT2D eigenvalue weighted by molar-refractivity contribution is -0.148. The number of pyridine rings is 1. The van der Waals surface area contributed by atoms with Crippen molar-refractivity contribution >= 4 is 22.8 Å². The first-order chi connectivity index (χ1) is 18.0. The third-order valence-electron chi connectivity index (χ3n) is 8.10. The summed E-state index contributed by atoms with van der Waals surface area (Å²) in [7, 11) is 0. The highest BCUT2D eigenvalue weighted by molar-refractivity contribution is 5.89. The number of fused-ring (bicyclic) bond motifs is 4. The second kappa shape index (κ2) is 8.32. The zero-order valence-electron chi connectivity index (χ0n) is 19.7. The first kappa shape index (κ1) is 22.3. The predicted octanol–water partition coefficient (Wildman–Crippen LogP) is 5.13. The molecule has 4 aliphatic rings. The number of carboxylic acid groups (broad SMARTS) is 1. The SMILES string of the molecule is O=C(O)[C@H]1C2CCC(CC2)[C@@H]1Nc1nc(-c2[nH]nc3ncc(F)cc23)nc(-c2ccc(C3CC3)o2)c1F. The predicted molar refractivity (Wildman–Crippen MR) is 128 cm³/mol. The van der Waals surface area contributed by atoms with Crippen LogP contribution < -0.4 is 5.32 Å². The molecule has 0 aromatic carbocycles. The van der Waals surface area contributed by atoms with Crippen LogP contribution in [0.5, 0.6) is 0 Å². The zero-order valence-corrected chi connectivity index (χ0v) is 19.7. The third kappa shape index (κ3) is 3.75. The maximum Gasteiger partial charge on any atom is 0.308 e. The molecule has 0 unspecified atom stereocenters. The number of furan rings is 1. The van der Waals surface area contributed by atoms with Gasteiger partial charge in [-0.1, -0.05) is 0 Å². The Kier molecular flexibility index (Phi) is 5.02. The van der Waals surface area contributed by atoms with Crippen LogP contribution in [0.4, 0.5) is 14.6 Å². The highest BCUT2D eigenvalue weighted by atomic mass is 19.1. The van der Waals surface area contributed by atoms with Crippen LogP contribution in [0.25, 0.3) is 34.0 Å². The van der Waals surface area contributed by atoms with Gasteiger partial charge in [-0.3, -0.25) is 9.89 Å². The van der Waals surface area contributed by atoms with E-state index in [-0.39, 0.29) is 46.3 Å². The fourth-order valence-corrected chi connectivity index (χ4v) is 6.10. The van der Waals surface area contributed by atoms with Crippen LogP contribution in [0, 0.1) is 29.4 Å². The van der Waals surface area contributed by atoms with Gasteiger partial charge in [0.2, 0.25) is 0 Å². The first-order valence-corrected chi connectivity index (χ1v) is 12.6. The van der Waals surface area contributed by atoms with E-state index in [1.807, 2.05) is 6.07 Å². The summed E-state index contributed by atoms with van der Waals surface area (Å²) in [5.41, 5.74) is 0.490. The van der Waals surface area contributed by atoms with Crippen LogP contribution in [0.15, 0.2) is 28.8 Å². The summed E-state index contributed by atoms with van der Waals surface area (Å²) >= 11 is 0. The van der Waals surface area contributed by atoms with E-state index in [9.17, 15) is 14.3 Å². The number of halogens is 2. The molecule has 4 fully saturated rings. The Hall–Kier alpha value is -3.89. The molecule has 37 heavy (non-hydrogen) atoms. The molecule has 8 rings (SSSR count). The van der Waals surface area contributed by atoms with E-state index < -0.39 is 29.6 Å². The monoisotopic (exact) mass is 506 g/mol. The van der Waals surface area contributed by atoms with Crippen molar-refractivity contribution in [3.63, 3.8) is 0 Å². The van der Waals surface area contributed by atoms with Crippen molar-refractivity contribution in [2.75, 3.05) is 5.32 Å². The van der Waals surface area contributed by atoms with Gasteiger partial charge in [-0.05, 0) is 68.6 Å². The smallest absolute Gasteiger partial charge is 0.308 e. The fraction of sp³-hybridized carbons (Fsp3) is 0.423. The number of rotatable bonds is 6. The van der Waals surface area contributed by atoms with Crippen LogP contribution in [0.1, 0.15) is 50.2 Å². The van der Waals surface area contributed by atoms with Crippen molar-refractivity contribution in [2.24, 2.45) is 17.8 Å². The molecule has 0 amide bonds. The Balaban J connectivity index is 1.36.